The third-order valence-corrected chi connectivity index (χ3v) is 3.52. The van der Waals surface area contributed by atoms with Gasteiger partial charge in [0.2, 0.25) is 5.82 Å². The molecule has 2 aromatic rings. The summed E-state index contributed by atoms with van der Waals surface area (Å²) in [6.07, 6.45) is 2.35. The first-order chi connectivity index (χ1) is 11.5. The van der Waals surface area contributed by atoms with E-state index in [0.29, 0.717) is 29.8 Å². The monoisotopic (exact) mass is 330 g/mol. The Morgan fingerprint density at radius 2 is 1.58 bits per heavy atom. The van der Waals surface area contributed by atoms with Crippen LogP contribution in [0.5, 0.6) is 0 Å². The molecular weight excluding hydrogens is 312 g/mol. The van der Waals surface area contributed by atoms with Crippen molar-refractivity contribution in [3.8, 4) is 11.4 Å². The van der Waals surface area contributed by atoms with E-state index in [0.717, 1.165) is 0 Å². The van der Waals surface area contributed by atoms with E-state index in [-0.39, 0.29) is 12.2 Å². The number of aliphatic carboxylic acids is 1. The molecule has 0 radical (unpaired) electrons. The maximum absolute atomic E-state index is 12.3. The van der Waals surface area contributed by atoms with Crippen LogP contribution in [-0.4, -0.2) is 49.3 Å². The Morgan fingerprint density at radius 3 is 2.17 bits per heavy atom. The van der Waals surface area contributed by atoms with Gasteiger partial charge in [0.15, 0.2) is 12.1 Å². The molecule has 2 atom stereocenters. The van der Waals surface area contributed by atoms with Crippen LogP contribution < -0.4 is 11.5 Å². The fourth-order valence-electron chi connectivity index (χ4n) is 2.13. The lowest BCUT2D eigenvalue weighted by Crippen LogP contribution is -2.33. The summed E-state index contributed by atoms with van der Waals surface area (Å²) in [4.78, 5) is 22.9. The lowest BCUT2D eigenvalue weighted by atomic mass is 9.98. The zero-order valence-electron chi connectivity index (χ0n) is 12.9. The molecule has 126 valence electrons. The third kappa shape index (κ3) is 4.61. The summed E-state index contributed by atoms with van der Waals surface area (Å²) in [5, 5.41) is 23.7. The molecule has 0 aliphatic carbocycles. The molecule has 9 heteroatoms. The Hall–Kier alpha value is -2.78. The second kappa shape index (κ2) is 8.18. The summed E-state index contributed by atoms with van der Waals surface area (Å²) >= 11 is 0. The van der Waals surface area contributed by atoms with Crippen molar-refractivity contribution in [2.75, 3.05) is 0 Å². The second-order valence-electron chi connectivity index (χ2n) is 5.29. The van der Waals surface area contributed by atoms with Crippen molar-refractivity contribution in [1.82, 2.24) is 20.4 Å². The fourth-order valence-corrected chi connectivity index (χ4v) is 2.13. The topological polar surface area (TPSA) is 158 Å². The normalized spacial score (nSPS) is 13.2. The number of hydrogen-bond donors (Lipinski definition) is 3. The Bertz CT molecular complexity index is 692. The molecule has 1 unspecified atom stereocenters. The highest BCUT2D eigenvalue weighted by Gasteiger charge is 2.17. The van der Waals surface area contributed by atoms with Gasteiger partial charge in [-0.3, -0.25) is 9.59 Å². The number of nitrogens with two attached hydrogens (primary N) is 2. The number of ketones is 1. The SMILES string of the molecule is NC(CCC[C@H](N)C(=O)O)C(=O)c1ccc(-c2nncnn2)cc1. The molecular formula is C15H18N6O3. The molecule has 9 nitrogen and oxygen atoms in total. The molecule has 1 aromatic heterocycles. The number of carboxylic acid groups (broad SMARTS) is 1. The van der Waals surface area contributed by atoms with Crippen molar-refractivity contribution in [2.24, 2.45) is 11.5 Å². The van der Waals surface area contributed by atoms with Crippen molar-refractivity contribution >= 4 is 11.8 Å². The zero-order valence-corrected chi connectivity index (χ0v) is 12.9. The van der Waals surface area contributed by atoms with Crippen LogP contribution in [0, 0.1) is 0 Å². The first-order valence-corrected chi connectivity index (χ1v) is 7.38. The number of Topliss-reactive ketones (excluding diaryl/α,β-unsaturated/α-hetero) is 1. The minimum atomic E-state index is -1.06. The Labute approximate surface area is 138 Å². The van der Waals surface area contributed by atoms with Gasteiger partial charge >= 0.3 is 5.97 Å². The molecule has 0 aliphatic heterocycles. The molecule has 1 aromatic carbocycles. The third-order valence-electron chi connectivity index (χ3n) is 3.52. The van der Waals surface area contributed by atoms with Crippen molar-refractivity contribution in [1.29, 1.82) is 0 Å². The summed E-state index contributed by atoms with van der Waals surface area (Å²) in [7, 11) is 0. The molecule has 24 heavy (non-hydrogen) atoms. The Morgan fingerprint density at radius 1 is 1.00 bits per heavy atom. The van der Waals surface area contributed by atoms with Crippen LogP contribution in [0.3, 0.4) is 0 Å². The molecule has 0 spiro atoms. The van der Waals surface area contributed by atoms with E-state index in [1.165, 1.54) is 6.33 Å². The van der Waals surface area contributed by atoms with Crippen LogP contribution in [0.15, 0.2) is 30.6 Å². The van der Waals surface area contributed by atoms with Crippen molar-refractivity contribution in [3.05, 3.63) is 36.2 Å². The van der Waals surface area contributed by atoms with Gasteiger partial charge in [-0.25, -0.2) is 0 Å². The summed E-state index contributed by atoms with van der Waals surface area (Å²) in [5.74, 6) is -0.906. The number of carboxylic acids is 1. The summed E-state index contributed by atoms with van der Waals surface area (Å²) in [6.45, 7) is 0. The minimum absolute atomic E-state index is 0.212. The predicted octanol–water partition coefficient (Wildman–Crippen LogP) is 0.0258. The number of aromatic nitrogens is 4. The Kier molecular flexibility index (Phi) is 5.99. The van der Waals surface area contributed by atoms with Gasteiger partial charge in [0.05, 0.1) is 6.04 Å². The molecule has 0 saturated carbocycles. The first-order valence-electron chi connectivity index (χ1n) is 7.38. The van der Waals surface area contributed by atoms with E-state index in [1.807, 2.05) is 0 Å². The zero-order chi connectivity index (χ0) is 17.5. The highest BCUT2D eigenvalue weighted by Crippen LogP contribution is 2.15. The van der Waals surface area contributed by atoms with Crippen LogP contribution in [-0.2, 0) is 4.79 Å². The van der Waals surface area contributed by atoms with Crippen LogP contribution in [0.2, 0.25) is 0 Å². The maximum Gasteiger partial charge on any atom is 0.320 e. The minimum Gasteiger partial charge on any atom is -0.480 e. The highest BCUT2D eigenvalue weighted by molar-refractivity contribution is 6.00. The van der Waals surface area contributed by atoms with Gasteiger partial charge in [-0.05, 0) is 19.3 Å². The average molecular weight is 330 g/mol. The van der Waals surface area contributed by atoms with E-state index in [4.69, 9.17) is 16.6 Å². The molecule has 0 fully saturated rings. The van der Waals surface area contributed by atoms with E-state index in [1.54, 1.807) is 24.3 Å². The van der Waals surface area contributed by atoms with Crippen molar-refractivity contribution in [2.45, 2.75) is 31.3 Å². The summed E-state index contributed by atoms with van der Waals surface area (Å²) < 4.78 is 0. The number of hydrogen-bond acceptors (Lipinski definition) is 8. The van der Waals surface area contributed by atoms with Gasteiger partial charge < -0.3 is 16.6 Å². The molecule has 0 bridgehead atoms. The van der Waals surface area contributed by atoms with Gasteiger partial charge in [0, 0.05) is 11.1 Å². The quantitative estimate of drug-likeness (QED) is 0.567. The van der Waals surface area contributed by atoms with E-state index in [9.17, 15) is 9.59 Å². The lowest BCUT2D eigenvalue weighted by Gasteiger charge is -2.12. The molecule has 2 rings (SSSR count). The average Bonchev–Trinajstić information content (AvgIpc) is 2.61. The number of rotatable bonds is 8. The Balaban J connectivity index is 1.93. The highest BCUT2D eigenvalue weighted by atomic mass is 16.4. The maximum atomic E-state index is 12.3. The van der Waals surface area contributed by atoms with E-state index < -0.39 is 18.1 Å². The lowest BCUT2D eigenvalue weighted by molar-refractivity contribution is -0.138. The number of carbonyl (C=O) groups excluding carboxylic acids is 1. The van der Waals surface area contributed by atoms with Gasteiger partial charge in [-0.15, -0.1) is 20.4 Å². The number of benzene rings is 1. The molecule has 0 amide bonds. The largest absolute Gasteiger partial charge is 0.480 e. The second-order valence-corrected chi connectivity index (χ2v) is 5.29. The first kappa shape index (κ1) is 17.6. The van der Waals surface area contributed by atoms with E-state index >= 15 is 0 Å². The van der Waals surface area contributed by atoms with Crippen molar-refractivity contribution in [3.63, 3.8) is 0 Å². The number of nitrogens with zero attached hydrogens (tertiary/aromatic N) is 4. The summed E-state index contributed by atoms with van der Waals surface area (Å²) in [5.41, 5.74) is 12.4. The van der Waals surface area contributed by atoms with Gasteiger partial charge in [-0.1, -0.05) is 24.3 Å². The van der Waals surface area contributed by atoms with E-state index in [2.05, 4.69) is 20.4 Å². The van der Waals surface area contributed by atoms with Gasteiger partial charge in [0.25, 0.3) is 0 Å². The molecule has 0 saturated heterocycles. The number of carbonyl (C=O) groups is 2. The van der Waals surface area contributed by atoms with Gasteiger partial charge in [-0.2, -0.15) is 0 Å². The smallest absolute Gasteiger partial charge is 0.320 e. The molecule has 0 aliphatic rings. The van der Waals surface area contributed by atoms with Gasteiger partial charge in [0.1, 0.15) is 6.04 Å². The van der Waals surface area contributed by atoms with Crippen LogP contribution in [0.1, 0.15) is 29.6 Å². The van der Waals surface area contributed by atoms with Crippen LogP contribution >= 0.6 is 0 Å². The van der Waals surface area contributed by atoms with Crippen molar-refractivity contribution < 1.29 is 14.7 Å². The summed E-state index contributed by atoms with van der Waals surface area (Å²) in [6, 6.07) is 5.03. The van der Waals surface area contributed by atoms with Crippen LogP contribution in [0.25, 0.3) is 11.4 Å². The standard InChI is InChI=1S/C15H18N6O3/c16-11(2-1-3-12(17)15(23)24)13(22)9-4-6-10(7-5-9)14-20-18-8-19-21-14/h4-8,11-12H,1-3,16-17H2,(H,23,24)/t11?,12-/m0/s1. The molecule has 1 heterocycles. The predicted molar refractivity (Wildman–Crippen MR) is 84.8 cm³/mol. The molecule has 5 N–H and O–H groups in total. The fraction of sp³-hybridized carbons (Fsp3) is 0.333. The van der Waals surface area contributed by atoms with Crippen LogP contribution in [0.4, 0.5) is 0 Å².